The van der Waals surface area contributed by atoms with Crippen LogP contribution in [-0.2, 0) is 11.3 Å². The minimum atomic E-state index is -0.0613. The molecule has 1 aliphatic heterocycles. The van der Waals surface area contributed by atoms with E-state index in [1.54, 1.807) is 29.7 Å². The Labute approximate surface area is 128 Å². The van der Waals surface area contributed by atoms with E-state index in [-0.39, 0.29) is 11.9 Å². The molecule has 110 valence electrons. The molecule has 4 nitrogen and oxygen atoms in total. The minimum Gasteiger partial charge on any atom is -0.465 e. The third-order valence-electron chi connectivity index (χ3n) is 3.55. The molecular weight excluding hydrogens is 284 g/mol. The molecule has 0 aromatic carbocycles. The summed E-state index contributed by atoms with van der Waals surface area (Å²) in [6, 6.07) is 6.01. The largest absolute Gasteiger partial charge is 0.465 e. The first-order valence-electron chi connectivity index (χ1n) is 7.05. The van der Waals surface area contributed by atoms with Crippen LogP contribution in [-0.4, -0.2) is 29.9 Å². The predicted molar refractivity (Wildman–Crippen MR) is 83.9 cm³/mol. The Morgan fingerprint density at radius 1 is 1.52 bits per heavy atom. The molecule has 1 saturated heterocycles. The summed E-state index contributed by atoms with van der Waals surface area (Å²) in [5.41, 5.74) is 1.35. The van der Waals surface area contributed by atoms with Gasteiger partial charge in [-0.15, -0.1) is 0 Å². The van der Waals surface area contributed by atoms with Crippen molar-refractivity contribution in [3.8, 4) is 0 Å². The molecule has 1 atom stereocenters. The van der Waals surface area contributed by atoms with Gasteiger partial charge in [0.15, 0.2) is 0 Å². The average Bonchev–Trinajstić information content (AvgIpc) is 3.19. The highest BCUT2D eigenvalue weighted by molar-refractivity contribution is 7.07. The van der Waals surface area contributed by atoms with Crippen LogP contribution >= 0.6 is 11.3 Å². The summed E-state index contributed by atoms with van der Waals surface area (Å²) in [4.78, 5) is 14.2. The fraction of sp³-hybridized carbons (Fsp3) is 0.312. The van der Waals surface area contributed by atoms with E-state index < -0.39 is 0 Å². The van der Waals surface area contributed by atoms with Crippen molar-refractivity contribution in [2.45, 2.75) is 19.0 Å². The Morgan fingerprint density at radius 3 is 3.24 bits per heavy atom. The summed E-state index contributed by atoms with van der Waals surface area (Å²) in [5, 5.41) is 7.32. The lowest BCUT2D eigenvalue weighted by Crippen LogP contribution is -2.35. The van der Waals surface area contributed by atoms with Crippen LogP contribution in [0.2, 0.25) is 0 Å². The van der Waals surface area contributed by atoms with Gasteiger partial charge in [-0.2, -0.15) is 11.3 Å². The van der Waals surface area contributed by atoms with Crippen molar-refractivity contribution in [2.24, 2.45) is 0 Å². The number of carbonyl (C=O) groups excluding carboxylic acids is 1. The van der Waals surface area contributed by atoms with Gasteiger partial charge in [0.1, 0.15) is 5.76 Å². The molecular formula is C16H18N2O2S. The molecule has 5 heteroatoms. The lowest BCUT2D eigenvalue weighted by Gasteiger charge is -2.15. The number of nitrogens with one attached hydrogen (secondary N) is 1. The van der Waals surface area contributed by atoms with Gasteiger partial charge in [-0.05, 0) is 47.0 Å². The van der Waals surface area contributed by atoms with E-state index in [9.17, 15) is 4.79 Å². The molecule has 1 amide bonds. The van der Waals surface area contributed by atoms with Crippen molar-refractivity contribution in [3.63, 3.8) is 0 Å². The molecule has 21 heavy (non-hydrogen) atoms. The van der Waals surface area contributed by atoms with E-state index in [0.717, 1.165) is 26.1 Å². The van der Waals surface area contributed by atoms with E-state index >= 15 is 0 Å². The van der Waals surface area contributed by atoms with Crippen LogP contribution in [0.5, 0.6) is 0 Å². The number of amides is 1. The molecule has 0 spiro atoms. The standard InChI is InChI=1S/C16H18N2O2S/c19-16(4-3-15-2-1-8-20-15)17-14-5-7-18(11-14)10-13-6-9-21-12-13/h1-4,6,8-9,12,14H,5,7,10-11H2,(H,17,19)/b4-3+. The van der Waals surface area contributed by atoms with E-state index in [0.29, 0.717) is 5.76 Å². The van der Waals surface area contributed by atoms with Gasteiger partial charge in [0, 0.05) is 31.8 Å². The second kappa shape index (κ2) is 6.74. The maximum absolute atomic E-state index is 11.9. The maximum atomic E-state index is 11.9. The second-order valence-corrected chi connectivity index (χ2v) is 5.99. The topological polar surface area (TPSA) is 45.5 Å². The van der Waals surface area contributed by atoms with Crippen LogP contribution in [0.3, 0.4) is 0 Å². The van der Waals surface area contributed by atoms with Crippen molar-refractivity contribution in [3.05, 3.63) is 52.6 Å². The van der Waals surface area contributed by atoms with E-state index in [1.807, 2.05) is 6.07 Å². The van der Waals surface area contributed by atoms with Gasteiger partial charge in [0.25, 0.3) is 0 Å². The number of furan rings is 1. The normalized spacial score (nSPS) is 19.3. The van der Waals surface area contributed by atoms with Gasteiger partial charge in [0.05, 0.1) is 6.26 Å². The van der Waals surface area contributed by atoms with Gasteiger partial charge in [-0.1, -0.05) is 0 Å². The first-order valence-corrected chi connectivity index (χ1v) is 7.99. The second-order valence-electron chi connectivity index (χ2n) is 5.21. The summed E-state index contributed by atoms with van der Waals surface area (Å²) in [6.45, 7) is 2.91. The number of hydrogen-bond acceptors (Lipinski definition) is 4. The fourth-order valence-electron chi connectivity index (χ4n) is 2.53. The molecule has 0 radical (unpaired) electrons. The zero-order chi connectivity index (χ0) is 14.5. The van der Waals surface area contributed by atoms with Crippen molar-refractivity contribution in [2.75, 3.05) is 13.1 Å². The number of rotatable bonds is 5. The van der Waals surface area contributed by atoms with Crippen molar-refractivity contribution in [1.82, 2.24) is 10.2 Å². The highest BCUT2D eigenvalue weighted by Crippen LogP contribution is 2.15. The van der Waals surface area contributed by atoms with E-state index in [2.05, 4.69) is 27.0 Å². The van der Waals surface area contributed by atoms with Crippen LogP contribution in [0.25, 0.3) is 6.08 Å². The van der Waals surface area contributed by atoms with Gasteiger partial charge in [-0.3, -0.25) is 9.69 Å². The first kappa shape index (κ1) is 14.1. The van der Waals surface area contributed by atoms with Gasteiger partial charge in [-0.25, -0.2) is 0 Å². The molecule has 1 fully saturated rings. The van der Waals surface area contributed by atoms with Gasteiger partial charge < -0.3 is 9.73 Å². The van der Waals surface area contributed by atoms with Crippen molar-refractivity contribution in [1.29, 1.82) is 0 Å². The van der Waals surface area contributed by atoms with E-state index in [1.165, 1.54) is 11.6 Å². The molecule has 1 unspecified atom stereocenters. The van der Waals surface area contributed by atoms with Gasteiger partial charge in [0.2, 0.25) is 5.91 Å². The molecule has 0 aliphatic carbocycles. The first-order chi connectivity index (χ1) is 10.3. The molecule has 1 N–H and O–H groups in total. The van der Waals surface area contributed by atoms with Crippen molar-refractivity contribution >= 4 is 23.3 Å². The smallest absolute Gasteiger partial charge is 0.244 e. The third kappa shape index (κ3) is 4.06. The van der Waals surface area contributed by atoms with Crippen LogP contribution in [0.4, 0.5) is 0 Å². The Kier molecular flexibility index (Phi) is 4.52. The van der Waals surface area contributed by atoms with Crippen molar-refractivity contribution < 1.29 is 9.21 Å². The SMILES string of the molecule is O=C(/C=C/c1ccco1)NC1CCN(Cc2ccsc2)C1. The molecule has 1 aliphatic rings. The summed E-state index contributed by atoms with van der Waals surface area (Å²) < 4.78 is 5.16. The summed E-state index contributed by atoms with van der Waals surface area (Å²) in [6.07, 6.45) is 5.81. The third-order valence-corrected chi connectivity index (χ3v) is 4.28. The lowest BCUT2D eigenvalue weighted by molar-refractivity contribution is -0.117. The zero-order valence-electron chi connectivity index (χ0n) is 11.7. The number of hydrogen-bond donors (Lipinski definition) is 1. The average molecular weight is 302 g/mol. The monoisotopic (exact) mass is 302 g/mol. The Bertz CT molecular complexity index is 590. The summed E-state index contributed by atoms with van der Waals surface area (Å²) >= 11 is 1.73. The highest BCUT2D eigenvalue weighted by atomic mass is 32.1. The van der Waals surface area contributed by atoms with Crippen LogP contribution in [0.1, 0.15) is 17.7 Å². The fourth-order valence-corrected chi connectivity index (χ4v) is 3.19. The molecule has 0 bridgehead atoms. The van der Waals surface area contributed by atoms with Gasteiger partial charge >= 0.3 is 0 Å². The van der Waals surface area contributed by atoms with Crippen LogP contribution in [0, 0.1) is 0 Å². The molecule has 0 saturated carbocycles. The van der Waals surface area contributed by atoms with Crippen LogP contribution < -0.4 is 5.32 Å². The summed E-state index contributed by atoms with van der Waals surface area (Å²) in [7, 11) is 0. The number of thiophene rings is 1. The number of carbonyl (C=O) groups is 1. The molecule has 3 rings (SSSR count). The Hall–Kier alpha value is -1.85. The predicted octanol–water partition coefficient (Wildman–Crippen LogP) is 2.75. The molecule has 2 aromatic heterocycles. The summed E-state index contributed by atoms with van der Waals surface area (Å²) in [5.74, 6) is 0.629. The highest BCUT2D eigenvalue weighted by Gasteiger charge is 2.23. The number of nitrogens with zero attached hydrogens (tertiary/aromatic N) is 1. The Balaban J connectivity index is 1.45. The lowest BCUT2D eigenvalue weighted by atomic mass is 10.2. The quantitative estimate of drug-likeness (QED) is 0.864. The maximum Gasteiger partial charge on any atom is 0.244 e. The Morgan fingerprint density at radius 2 is 2.48 bits per heavy atom. The molecule has 2 aromatic rings. The zero-order valence-corrected chi connectivity index (χ0v) is 12.5. The van der Waals surface area contributed by atoms with Crippen LogP contribution in [0.15, 0.2) is 45.7 Å². The molecule has 3 heterocycles. The minimum absolute atomic E-state index is 0.0613. The van der Waals surface area contributed by atoms with E-state index in [4.69, 9.17) is 4.42 Å². The number of likely N-dealkylation sites (tertiary alicyclic amines) is 1.